The van der Waals surface area contributed by atoms with Crippen LogP contribution in [0.25, 0.3) is 10.2 Å². The maximum atomic E-state index is 13.2. The van der Waals surface area contributed by atoms with Crippen molar-refractivity contribution in [2.75, 3.05) is 4.90 Å². The van der Waals surface area contributed by atoms with Crippen LogP contribution in [0.1, 0.15) is 26.6 Å². The number of halogens is 1. The predicted octanol–water partition coefficient (Wildman–Crippen LogP) is 6.18. The number of furan rings is 1. The number of hydrogen-bond acceptors (Lipinski definition) is 5. The van der Waals surface area contributed by atoms with Gasteiger partial charge in [-0.25, -0.2) is 4.98 Å². The molecule has 1 amide bonds. The van der Waals surface area contributed by atoms with E-state index in [0.717, 1.165) is 25.3 Å². The molecule has 3 heterocycles. The van der Waals surface area contributed by atoms with E-state index in [-0.39, 0.29) is 5.91 Å². The van der Waals surface area contributed by atoms with Gasteiger partial charge in [-0.1, -0.05) is 17.4 Å². The van der Waals surface area contributed by atoms with Crippen LogP contribution in [0.15, 0.2) is 50.9 Å². The second kappa shape index (κ2) is 6.98. The molecule has 0 atom stereocenters. The monoisotopic (exact) mass is 446 g/mol. The van der Waals surface area contributed by atoms with E-state index >= 15 is 0 Å². The summed E-state index contributed by atoms with van der Waals surface area (Å²) in [6.45, 7) is 4.47. The topological polar surface area (TPSA) is 46.3 Å². The quantitative estimate of drug-likeness (QED) is 0.376. The number of aryl methyl sites for hydroxylation is 2. The number of hydrogen-bond donors (Lipinski definition) is 0. The molecule has 0 fully saturated rings. The average molecular weight is 447 g/mol. The van der Waals surface area contributed by atoms with Gasteiger partial charge in [0.05, 0.1) is 31.7 Å². The number of benzene rings is 1. The summed E-state index contributed by atoms with van der Waals surface area (Å²) in [4.78, 5) is 20.3. The molecule has 0 saturated heterocycles. The van der Waals surface area contributed by atoms with Crippen molar-refractivity contribution in [1.82, 2.24) is 4.98 Å². The summed E-state index contributed by atoms with van der Waals surface area (Å²) in [6.07, 6.45) is 1.62. The molecule has 0 radical (unpaired) electrons. The lowest BCUT2D eigenvalue weighted by Crippen LogP contribution is -2.29. The summed E-state index contributed by atoms with van der Waals surface area (Å²) >= 11 is 6.37. The number of fused-ring (bicyclic) bond motifs is 1. The number of amides is 1. The van der Waals surface area contributed by atoms with E-state index in [2.05, 4.69) is 35.0 Å². The van der Waals surface area contributed by atoms with Gasteiger partial charge in [0.25, 0.3) is 5.91 Å². The first-order valence-corrected chi connectivity index (χ1v) is 10.4. The molecule has 26 heavy (non-hydrogen) atoms. The second-order valence-corrected chi connectivity index (χ2v) is 9.47. The van der Waals surface area contributed by atoms with Gasteiger partial charge in [0.1, 0.15) is 5.76 Å². The van der Waals surface area contributed by atoms with Crippen LogP contribution in [0.5, 0.6) is 0 Å². The summed E-state index contributed by atoms with van der Waals surface area (Å²) in [5.74, 6) is 0.645. The fourth-order valence-corrected chi connectivity index (χ4v) is 5.30. The fraction of sp³-hybridized carbons (Fsp3) is 0.158. The van der Waals surface area contributed by atoms with Crippen molar-refractivity contribution >= 4 is 59.9 Å². The normalized spacial score (nSPS) is 11.2. The molecule has 4 rings (SSSR count). The van der Waals surface area contributed by atoms with Gasteiger partial charge in [-0.15, -0.1) is 11.3 Å². The van der Waals surface area contributed by atoms with E-state index in [9.17, 15) is 4.79 Å². The van der Waals surface area contributed by atoms with Crippen LogP contribution in [0.2, 0.25) is 0 Å². The molecule has 0 aliphatic heterocycles. The zero-order chi connectivity index (χ0) is 18.3. The number of nitrogens with zero attached hydrogens (tertiary/aromatic N) is 2. The van der Waals surface area contributed by atoms with Gasteiger partial charge in [-0.3, -0.25) is 9.69 Å². The molecule has 0 spiro atoms. The second-order valence-electron chi connectivity index (χ2n) is 6.00. The molecule has 7 heteroatoms. The van der Waals surface area contributed by atoms with Crippen molar-refractivity contribution in [3.63, 3.8) is 0 Å². The Bertz CT molecular complexity index is 1080. The van der Waals surface area contributed by atoms with Gasteiger partial charge in [0, 0.05) is 0 Å². The summed E-state index contributed by atoms with van der Waals surface area (Å²) in [5.41, 5.74) is 3.25. The van der Waals surface area contributed by atoms with Crippen molar-refractivity contribution in [3.05, 3.63) is 68.2 Å². The van der Waals surface area contributed by atoms with Crippen LogP contribution in [-0.2, 0) is 6.54 Å². The minimum atomic E-state index is -0.0782. The number of rotatable bonds is 4. The average Bonchev–Trinajstić information content (AvgIpc) is 3.32. The van der Waals surface area contributed by atoms with Gasteiger partial charge < -0.3 is 4.42 Å². The third kappa shape index (κ3) is 3.34. The molecule has 0 N–H and O–H groups in total. The van der Waals surface area contributed by atoms with Crippen LogP contribution in [0.4, 0.5) is 5.13 Å². The van der Waals surface area contributed by atoms with Crippen LogP contribution in [-0.4, -0.2) is 10.9 Å². The first-order chi connectivity index (χ1) is 12.5. The van der Waals surface area contributed by atoms with E-state index in [0.29, 0.717) is 16.6 Å². The smallest absolute Gasteiger partial charge is 0.270 e. The fourth-order valence-electron chi connectivity index (χ4n) is 2.82. The lowest BCUT2D eigenvalue weighted by Gasteiger charge is -2.17. The molecular formula is C19H15BrN2O2S2. The molecule has 0 saturated carbocycles. The Balaban J connectivity index is 1.79. The van der Waals surface area contributed by atoms with E-state index in [1.165, 1.54) is 28.2 Å². The Hall–Kier alpha value is -1.96. The van der Waals surface area contributed by atoms with Crippen molar-refractivity contribution in [2.24, 2.45) is 0 Å². The standard InChI is InChI=1S/C19H15BrN2O2S2/c1-11-8-12(2)17-15(9-11)26-19(21-17)22(10-13-4-3-7-24-13)18(23)14-5-6-16(20)25-14/h3-9H,10H2,1-2H3. The van der Waals surface area contributed by atoms with Crippen LogP contribution >= 0.6 is 38.6 Å². The SMILES string of the molecule is Cc1cc(C)c2nc(N(Cc3ccco3)C(=O)c3ccc(Br)s3)sc2c1. The molecule has 0 bridgehead atoms. The Labute approximate surface area is 167 Å². The highest BCUT2D eigenvalue weighted by Gasteiger charge is 2.24. The summed E-state index contributed by atoms with van der Waals surface area (Å²) in [6, 6.07) is 11.6. The number of carbonyl (C=O) groups excluding carboxylic acids is 1. The molecule has 4 aromatic rings. The molecule has 4 nitrogen and oxygen atoms in total. The van der Waals surface area contributed by atoms with Gasteiger partial charge in [0.2, 0.25) is 0 Å². The molecule has 3 aromatic heterocycles. The number of aromatic nitrogens is 1. The summed E-state index contributed by atoms with van der Waals surface area (Å²) in [5, 5.41) is 0.680. The van der Waals surface area contributed by atoms with Crippen molar-refractivity contribution in [3.8, 4) is 0 Å². The van der Waals surface area contributed by atoms with Gasteiger partial charge in [-0.05, 0) is 71.2 Å². The van der Waals surface area contributed by atoms with Gasteiger partial charge >= 0.3 is 0 Å². The molecule has 0 aliphatic carbocycles. The molecule has 132 valence electrons. The minimum Gasteiger partial charge on any atom is -0.467 e. The lowest BCUT2D eigenvalue weighted by atomic mass is 10.1. The number of anilines is 1. The Morgan fingerprint density at radius 1 is 1.23 bits per heavy atom. The van der Waals surface area contributed by atoms with E-state index < -0.39 is 0 Å². The largest absolute Gasteiger partial charge is 0.467 e. The van der Waals surface area contributed by atoms with Crippen LogP contribution in [0, 0.1) is 13.8 Å². The molecule has 0 aliphatic rings. The number of thiazole rings is 1. The molecule has 0 unspecified atom stereocenters. The van der Waals surface area contributed by atoms with E-state index in [4.69, 9.17) is 9.40 Å². The first-order valence-electron chi connectivity index (χ1n) is 7.98. The van der Waals surface area contributed by atoms with Crippen LogP contribution in [0.3, 0.4) is 0 Å². The van der Waals surface area contributed by atoms with Crippen LogP contribution < -0.4 is 4.90 Å². The Kier molecular flexibility index (Phi) is 4.69. The molecular weight excluding hydrogens is 432 g/mol. The van der Waals surface area contributed by atoms with Crippen molar-refractivity contribution in [1.29, 1.82) is 0 Å². The highest BCUT2D eigenvalue weighted by Crippen LogP contribution is 2.34. The summed E-state index contributed by atoms with van der Waals surface area (Å²) in [7, 11) is 0. The Morgan fingerprint density at radius 2 is 2.08 bits per heavy atom. The lowest BCUT2D eigenvalue weighted by molar-refractivity contribution is 0.0987. The van der Waals surface area contributed by atoms with Gasteiger partial charge in [-0.2, -0.15) is 0 Å². The maximum absolute atomic E-state index is 13.2. The van der Waals surface area contributed by atoms with Gasteiger partial charge in [0.15, 0.2) is 5.13 Å². The van der Waals surface area contributed by atoms with Crippen molar-refractivity contribution < 1.29 is 9.21 Å². The highest BCUT2D eigenvalue weighted by molar-refractivity contribution is 9.11. The van der Waals surface area contributed by atoms with Crippen molar-refractivity contribution in [2.45, 2.75) is 20.4 Å². The number of carbonyl (C=O) groups is 1. The zero-order valence-electron chi connectivity index (χ0n) is 14.2. The maximum Gasteiger partial charge on any atom is 0.270 e. The number of thiophene rings is 1. The summed E-state index contributed by atoms with van der Waals surface area (Å²) < 4.78 is 7.48. The highest BCUT2D eigenvalue weighted by atomic mass is 79.9. The zero-order valence-corrected chi connectivity index (χ0v) is 17.4. The third-order valence-electron chi connectivity index (χ3n) is 3.97. The Morgan fingerprint density at radius 3 is 2.77 bits per heavy atom. The third-order valence-corrected chi connectivity index (χ3v) is 6.61. The minimum absolute atomic E-state index is 0.0782. The molecule has 1 aromatic carbocycles. The first kappa shape index (κ1) is 17.5. The van der Waals surface area contributed by atoms with E-state index in [1.54, 1.807) is 11.2 Å². The predicted molar refractivity (Wildman–Crippen MR) is 110 cm³/mol. The van der Waals surface area contributed by atoms with E-state index in [1.807, 2.05) is 31.2 Å².